The topological polar surface area (TPSA) is 98.7 Å². The van der Waals surface area contributed by atoms with Crippen LogP contribution in [-0.4, -0.2) is 34.6 Å². The average Bonchev–Trinajstić information content (AvgIpc) is 2.29. The van der Waals surface area contributed by atoms with Crippen LogP contribution >= 0.6 is 0 Å². The summed E-state index contributed by atoms with van der Waals surface area (Å²) in [6.07, 6.45) is 0. The van der Waals surface area contributed by atoms with Crippen molar-refractivity contribution < 1.29 is 19.8 Å². The first-order valence-electron chi connectivity index (χ1n) is 5.50. The number of benzene rings is 1. The van der Waals surface area contributed by atoms with Crippen LogP contribution < -0.4 is 10.6 Å². The molecule has 0 aliphatic heterocycles. The lowest BCUT2D eigenvalue weighted by Crippen LogP contribution is -2.39. The van der Waals surface area contributed by atoms with Crippen LogP contribution in [0.25, 0.3) is 0 Å². The lowest BCUT2D eigenvalue weighted by Gasteiger charge is -2.10. The van der Waals surface area contributed by atoms with Crippen molar-refractivity contribution in [1.29, 1.82) is 0 Å². The van der Waals surface area contributed by atoms with Gasteiger partial charge in [-0.3, -0.25) is 9.59 Å². The van der Waals surface area contributed by atoms with Crippen molar-refractivity contribution in [2.24, 2.45) is 0 Å². The van der Waals surface area contributed by atoms with Crippen molar-refractivity contribution in [2.45, 2.75) is 19.9 Å². The highest BCUT2D eigenvalue weighted by Crippen LogP contribution is 2.27. The van der Waals surface area contributed by atoms with Crippen LogP contribution in [0.1, 0.15) is 24.2 Å². The normalized spacial score (nSPS) is 10.2. The first kappa shape index (κ1) is 13.8. The number of hydrogen-bond acceptors (Lipinski definition) is 4. The number of aromatic hydroxyl groups is 2. The fourth-order valence-corrected chi connectivity index (χ4v) is 1.34. The van der Waals surface area contributed by atoms with Gasteiger partial charge in [0.25, 0.3) is 5.91 Å². The Morgan fingerprint density at radius 2 is 1.94 bits per heavy atom. The molecule has 2 amide bonds. The van der Waals surface area contributed by atoms with E-state index >= 15 is 0 Å². The van der Waals surface area contributed by atoms with E-state index in [4.69, 9.17) is 0 Å². The van der Waals surface area contributed by atoms with E-state index < -0.39 is 11.7 Å². The lowest BCUT2D eigenvalue weighted by atomic mass is 10.1. The Hall–Kier alpha value is -2.24. The van der Waals surface area contributed by atoms with Crippen molar-refractivity contribution in [3.05, 3.63) is 23.8 Å². The molecule has 0 spiro atoms. The van der Waals surface area contributed by atoms with Gasteiger partial charge in [-0.25, -0.2) is 0 Å². The second-order valence-electron chi connectivity index (χ2n) is 4.08. The van der Waals surface area contributed by atoms with Crippen LogP contribution in [0.15, 0.2) is 18.2 Å². The average molecular weight is 252 g/mol. The number of hydrogen-bond donors (Lipinski definition) is 4. The van der Waals surface area contributed by atoms with Gasteiger partial charge in [-0.05, 0) is 26.0 Å². The lowest BCUT2D eigenvalue weighted by molar-refractivity contribution is -0.120. The van der Waals surface area contributed by atoms with Gasteiger partial charge in [0.05, 0.1) is 12.1 Å². The SMILES string of the molecule is CC(C)NC(=O)CNC(=O)c1cccc(O)c1O. The molecule has 1 aromatic carbocycles. The van der Waals surface area contributed by atoms with E-state index in [2.05, 4.69) is 10.6 Å². The Morgan fingerprint density at radius 3 is 2.56 bits per heavy atom. The quantitative estimate of drug-likeness (QED) is 0.581. The van der Waals surface area contributed by atoms with Crippen molar-refractivity contribution in [1.82, 2.24) is 10.6 Å². The smallest absolute Gasteiger partial charge is 0.255 e. The Balaban J connectivity index is 2.61. The molecule has 0 bridgehead atoms. The molecule has 0 aliphatic rings. The maximum atomic E-state index is 11.6. The maximum Gasteiger partial charge on any atom is 0.255 e. The molecule has 18 heavy (non-hydrogen) atoms. The van der Waals surface area contributed by atoms with Gasteiger partial charge >= 0.3 is 0 Å². The first-order chi connectivity index (χ1) is 8.41. The standard InChI is InChI=1S/C12H16N2O4/c1-7(2)14-10(16)6-13-12(18)8-4-3-5-9(15)11(8)17/h3-5,7,15,17H,6H2,1-2H3,(H,13,18)(H,14,16). The summed E-state index contributed by atoms with van der Waals surface area (Å²) in [4.78, 5) is 22.9. The fourth-order valence-electron chi connectivity index (χ4n) is 1.34. The van der Waals surface area contributed by atoms with E-state index in [1.807, 2.05) is 0 Å². The van der Waals surface area contributed by atoms with Crippen molar-refractivity contribution in [2.75, 3.05) is 6.54 Å². The van der Waals surface area contributed by atoms with Crippen LogP contribution in [0.3, 0.4) is 0 Å². The Labute approximate surface area is 105 Å². The number of nitrogens with one attached hydrogen (secondary N) is 2. The van der Waals surface area contributed by atoms with Crippen molar-refractivity contribution in [3.8, 4) is 11.5 Å². The van der Waals surface area contributed by atoms with Crippen molar-refractivity contribution >= 4 is 11.8 Å². The molecule has 0 saturated carbocycles. The number of phenols is 2. The maximum absolute atomic E-state index is 11.6. The van der Waals surface area contributed by atoms with Crippen LogP contribution in [0, 0.1) is 0 Å². The van der Waals surface area contributed by atoms with Gasteiger partial charge in [0.1, 0.15) is 0 Å². The van der Waals surface area contributed by atoms with E-state index in [-0.39, 0.29) is 29.8 Å². The van der Waals surface area contributed by atoms with Crippen LogP contribution in [0.5, 0.6) is 11.5 Å². The van der Waals surface area contributed by atoms with Gasteiger partial charge < -0.3 is 20.8 Å². The minimum Gasteiger partial charge on any atom is -0.504 e. The summed E-state index contributed by atoms with van der Waals surface area (Å²) in [6.45, 7) is 3.42. The largest absolute Gasteiger partial charge is 0.504 e. The summed E-state index contributed by atoms with van der Waals surface area (Å²) in [5, 5.41) is 23.7. The Morgan fingerprint density at radius 1 is 1.28 bits per heavy atom. The molecule has 98 valence electrons. The van der Waals surface area contributed by atoms with E-state index in [1.54, 1.807) is 13.8 Å². The molecule has 1 aromatic rings. The number of carbonyl (C=O) groups is 2. The number of carbonyl (C=O) groups excluding carboxylic acids is 2. The molecule has 0 saturated heterocycles. The van der Waals surface area contributed by atoms with Gasteiger partial charge in [-0.15, -0.1) is 0 Å². The second-order valence-corrected chi connectivity index (χ2v) is 4.08. The first-order valence-corrected chi connectivity index (χ1v) is 5.50. The summed E-state index contributed by atoms with van der Waals surface area (Å²) in [5.41, 5.74) is -0.0765. The molecule has 0 radical (unpaired) electrons. The highest BCUT2D eigenvalue weighted by atomic mass is 16.3. The Kier molecular flexibility index (Phi) is 4.53. The minimum absolute atomic E-state index is 0.0106. The molecule has 4 N–H and O–H groups in total. The minimum atomic E-state index is -0.623. The highest BCUT2D eigenvalue weighted by molar-refractivity contribution is 5.99. The Bertz CT molecular complexity index is 457. The zero-order valence-electron chi connectivity index (χ0n) is 10.2. The summed E-state index contributed by atoms with van der Waals surface area (Å²) in [6, 6.07) is 4.03. The number of para-hydroxylation sites is 1. The zero-order chi connectivity index (χ0) is 13.7. The number of phenolic OH excluding ortho intramolecular Hbond substituents is 2. The molecule has 0 fully saturated rings. The molecular weight excluding hydrogens is 236 g/mol. The molecule has 6 heteroatoms. The van der Waals surface area contributed by atoms with E-state index in [9.17, 15) is 19.8 Å². The van der Waals surface area contributed by atoms with Crippen LogP contribution in [-0.2, 0) is 4.79 Å². The third-order valence-electron chi connectivity index (χ3n) is 2.12. The van der Waals surface area contributed by atoms with E-state index in [1.165, 1.54) is 18.2 Å². The number of rotatable bonds is 4. The summed E-state index contributed by atoms with van der Waals surface area (Å²) < 4.78 is 0. The summed E-state index contributed by atoms with van der Waals surface area (Å²) >= 11 is 0. The molecule has 0 unspecified atom stereocenters. The molecule has 0 heterocycles. The third kappa shape index (κ3) is 3.65. The van der Waals surface area contributed by atoms with E-state index in [0.29, 0.717) is 0 Å². The predicted octanol–water partition coefficient (Wildman–Crippen LogP) is 0.352. The molecule has 0 aliphatic carbocycles. The van der Waals surface area contributed by atoms with Gasteiger partial charge in [-0.2, -0.15) is 0 Å². The fraction of sp³-hybridized carbons (Fsp3) is 0.333. The van der Waals surface area contributed by atoms with Gasteiger partial charge in [0.2, 0.25) is 5.91 Å². The summed E-state index contributed by atoms with van der Waals surface area (Å²) in [7, 11) is 0. The van der Waals surface area contributed by atoms with Gasteiger partial charge in [-0.1, -0.05) is 6.07 Å². The van der Waals surface area contributed by atoms with E-state index in [0.717, 1.165) is 0 Å². The van der Waals surface area contributed by atoms with Gasteiger partial charge in [0, 0.05) is 6.04 Å². The number of amides is 2. The van der Waals surface area contributed by atoms with Crippen molar-refractivity contribution in [3.63, 3.8) is 0 Å². The zero-order valence-corrected chi connectivity index (χ0v) is 10.2. The third-order valence-corrected chi connectivity index (χ3v) is 2.12. The second kappa shape index (κ2) is 5.90. The molecular formula is C12H16N2O4. The molecule has 1 rings (SSSR count). The van der Waals surface area contributed by atoms with Gasteiger partial charge in [0.15, 0.2) is 11.5 Å². The molecule has 0 atom stereocenters. The van der Waals surface area contributed by atoms with Crippen LogP contribution in [0.2, 0.25) is 0 Å². The highest BCUT2D eigenvalue weighted by Gasteiger charge is 2.14. The predicted molar refractivity (Wildman–Crippen MR) is 65.4 cm³/mol. The molecule has 0 aromatic heterocycles. The molecule has 6 nitrogen and oxygen atoms in total. The van der Waals surface area contributed by atoms with Crippen LogP contribution in [0.4, 0.5) is 0 Å². The monoisotopic (exact) mass is 252 g/mol. The summed E-state index contributed by atoms with van der Waals surface area (Å²) in [5.74, 6) is -1.83.